The van der Waals surface area contributed by atoms with E-state index in [-0.39, 0.29) is 4.90 Å². The first-order valence-electron chi connectivity index (χ1n) is 5.73. The molecule has 0 atom stereocenters. The summed E-state index contributed by atoms with van der Waals surface area (Å²) in [6.45, 7) is 2.09. The van der Waals surface area contributed by atoms with Crippen LogP contribution in [0.1, 0.15) is 18.9 Å². The number of sulfonamides is 1. The normalized spacial score (nSPS) is 11.4. The predicted molar refractivity (Wildman–Crippen MR) is 69.8 cm³/mol. The van der Waals surface area contributed by atoms with Crippen molar-refractivity contribution in [2.45, 2.75) is 24.7 Å². The molecule has 2 N–H and O–H groups in total. The monoisotopic (exact) mass is 265 g/mol. The lowest BCUT2D eigenvalue weighted by Gasteiger charge is -2.06. The van der Waals surface area contributed by atoms with Gasteiger partial charge >= 0.3 is 0 Å². The molecule has 0 amide bonds. The zero-order chi connectivity index (χ0) is 13.0. The first-order chi connectivity index (χ1) is 8.62. The Morgan fingerprint density at radius 2 is 1.94 bits per heavy atom. The molecule has 0 unspecified atom stereocenters. The topological polar surface area (TPSA) is 74.8 Å². The van der Waals surface area contributed by atoms with Gasteiger partial charge in [0.2, 0.25) is 0 Å². The highest BCUT2D eigenvalue weighted by atomic mass is 32.2. The highest BCUT2D eigenvalue weighted by Gasteiger charge is 2.14. The van der Waals surface area contributed by atoms with E-state index in [0.29, 0.717) is 5.82 Å². The molecule has 0 bridgehead atoms. The Morgan fingerprint density at radius 3 is 2.50 bits per heavy atom. The molecule has 1 heterocycles. The Kier molecular flexibility index (Phi) is 3.66. The number of anilines is 1. The van der Waals surface area contributed by atoms with Crippen LogP contribution in [0.4, 0.5) is 5.82 Å². The zero-order valence-electron chi connectivity index (χ0n) is 10.1. The van der Waals surface area contributed by atoms with Crippen LogP contribution < -0.4 is 4.72 Å². The SMILES string of the molecule is CCCc1ccc(S(=O)(=O)Nc2ccn[nH]2)cc1. The van der Waals surface area contributed by atoms with E-state index in [1.807, 2.05) is 12.1 Å². The van der Waals surface area contributed by atoms with Crippen LogP contribution in [-0.2, 0) is 16.4 Å². The molecule has 5 nitrogen and oxygen atoms in total. The van der Waals surface area contributed by atoms with Crippen LogP contribution in [0, 0.1) is 0 Å². The molecule has 0 aliphatic heterocycles. The molecule has 1 aromatic heterocycles. The van der Waals surface area contributed by atoms with Gasteiger partial charge in [0.25, 0.3) is 10.0 Å². The lowest BCUT2D eigenvalue weighted by atomic mass is 10.1. The molecule has 2 rings (SSSR count). The molecular weight excluding hydrogens is 250 g/mol. The third kappa shape index (κ3) is 2.89. The number of hydrogen-bond acceptors (Lipinski definition) is 3. The summed E-state index contributed by atoms with van der Waals surface area (Å²) >= 11 is 0. The molecule has 0 fully saturated rings. The van der Waals surface area contributed by atoms with Crippen LogP contribution in [0.15, 0.2) is 41.4 Å². The third-order valence-corrected chi connectivity index (χ3v) is 3.90. The number of rotatable bonds is 5. The largest absolute Gasteiger partial charge is 0.264 e. The van der Waals surface area contributed by atoms with Crippen LogP contribution in [0.2, 0.25) is 0 Å². The maximum Gasteiger partial charge on any atom is 0.263 e. The van der Waals surface area contributed by atoms with Gasteiger partial charge in [0.15, 0.2) is 0 Å². The smallest absolute Gasteiger partial charge is 0.263 e. The van der Waals surface area contributed by atoms with Crippen molar-refractivity contribution < 1.29 is 8.42 Å². The minimum atomic E-state index is -3.54. The summed E-state index contributed by atoms with van der Waals surface area (Å²) in [5.74, 6) is 0.354. The highest BCUT2D eigenvalue weighted by Crippen LogP contribution is 2.15. The van der Waals surface area contributed by atoms with E-state index in [0.717, 1.165) is 18.4 Å². The Hall–Kier alpha value is -1.82. The molecule has 96 valence electrons. The Labute approximate surface area is 106 Å². The van der Waals surface area contributed by atoms with Gasteiger partial charge in [-0.05, 0) is 24.1 Å². The lowest BCUT2D eigenvalue weighted by Crippen LogP contribution is -2.13. The maximum absolute atomic E-state index is 12.0. The van der Waals surface area contributed by atoms with Gasteiger partial charge in [-0.1, -0.05) is 25.5 Å². The van der Waals surface area contributed by atoms with Gasteiger partial charge in [-0.2, -0.15) is 5.10 Å². The Balaban J connectivity index is 2.19. The van der Waals surface area contributed by atoms with E-state index in [9.17, 15) is 8.42 Å². The number of benzene rings is 1. The van der Waals surface area contributed by atoms with Gasteiger partial charge in [-0.25, -0.2) is 8.42 Å². The second-order valence-corrected chi connectivity index (χ2v) is 5.65. The number of nitrogens with one attached hydrogen (secondary N) is 2. The fourth-order valence-electron chi connectivity index (χ4n) is 1.64. The van der Waals surface area contributed by atoms with E-state index in [4.69, 9.17) is 0 Å². The quantitative estimate of drug-likeness (QED) is 0.870. The Morgan fingerprint density at radius 1 is 1.22 bits per heavy atom. The minimum Gasteiger partial charge on any atom is -0.264 e. The van der Waals surface area contributed by atoms with Crippen molar-refractivity contribution in [3.05, 3.63) is 42.1 Å². The van der Waals surface area contributed by atoms with E-state index in [1.165, 1.54) is 6.20 Å². The molecule has 0 radical (unpaired) electrons. The number of H-pyrrole nitrogens is 1. The number of aromatic nitrogens is 2. The summed E-state index contributed by atoms with van der Waals surface area (Å²) < 4.78 is 26.4. The van der Waals surface area contributed by atoms with Gasteiger partial charge in [0.1, 0.15) is 5.82 Å². The van der Waals surface area contributed by atoms with E-state index in [1.54, 1.807) is 18.2 Å². The van der Waals surface area contributed by atoms with Crippen LogP contribution in [0.5, 0.6) is 0 Å². The van der Waals surface area contributed by atoms with Crippen molar-refractivity contribution in [1.82, 2.24) is 10.2 Å². The second kappa shape index (κ2) is 5.22. The molecule has 0 aliphatic carbocycles. The molecule has 18 heavy (non-hydrogen) atoms. The fourth-order valence-corrected chi connectivity index (χ4v) is 2.66. The predicted octanol–water partition coefficient (Wildman–Crippen LogP) is 2.16. The van der Waals surface area contributed by atoms with Crippen molar-refractivity contribution in [2.75, 3.05) is 4.72 Å². The summed E-state index contributed by atoms with van der Waals surface area (Å²) in [6, 6.07) is 8.46. The summed E-state index contributed by atoms with van der Waals surface area (Å²) in [5, 5.41) is 6.24. The summed E-state index contributed by atoms with van der Waals surface area (Å²) in [7, 11) is -3.54. The Bertz CT molecular complexity index is 589. The zero-order valence-corrected chi connectivity index (χ0v) is 10.9. The first-order valence-corrected chi connectivity index (χ1v) is 7.21. The average Bonchev–Trinajstić information content (AvgIpc) is 2.82. The van der Waals surface area contributed by atoms with Gasteiger partial charge in [-0.3, -0.25) is 9.82 Å². The highest BCUT2D eigenvalue weighted by molar-refractivity contribution is 7.92. The van der Waals surface area contributed by atoms with Crippen LogP contribution in [0.25, 0.3) is 0 Å². The van der Waals surface area contributed by atoms with E-state index >= 15 is 0 Å². The summed E-state index contributed by atoms with van der Waals surface area (Å²) in [5.41, 5.74) is 1.14. The molecule has 0 saturated heterocycles. The standard InChI is InChI=1S/C12H15N3O2S/c1-2-3-10-4-6-11(7-5-10)18(16,17)15-12-8-9-13-14-12/h4-9H,2-3H2,1H3,(H2,13,14,15). The van der Waals surface area contributed by atoms with Gasteiger partial charge in [0, 0.05) is 6.07 Å². The van der Waals surface area contributed by atoms with Gasteiger partial charge < -0.3 is 0 Å². The fraction of sp³-hybridized carbons (Fsp3) is 0.250. The van der Waals surface area contributed by atoms with Crippen LogP contribution in [0.3, 0.4) is 0 Å². The number of hydrogen-bond donors (Lipinski definition) is 2. The first kappa shape index (κ1) is 12.6. The van der Waals surface area contributed by atoms with Crippen molar-refractivity contribution >= 4 is 15.8 Å². The summed E-state index contributed by atoms with van der Waals surface area (Å²) in [4.78, 5) is 0.247. The van der Waals surface area contributed by atoms with E-state index in [2.05, 4.69) is 21.8 Å². The number of aromatic amines is 1. The van der Waals surface area contributed by atoms with Gasteiger partial charge in [-0.15, -0.1) is 0 Å². The number of nitrogens with zero attached hydrogens (tertiary/aromatic N) is 1. The van der Waals surface area contributed by atoms with Crippen LogP contribution >= 0.6 is 0 Å². The van der Waals surface area contributed by atoms with E-state index < -0.39 is 10.0 Å². The molecule has 0 aliphatic rings. The lowest BCUT2D eigenvalue weighted by molar-refractivity contribution is 0.601. The third-order valence-electron chi connectivity index (χ3n) is 2.52. The van der Waals surface area contributed by atoms with Crippen molar-refractivity contribution in [3.8, 4) is 0 Å². The molecule has 2 aromatic rings. The summed E-state index contributed by atoms with van der Waals surface area (Å²) in [6.07, 6.45) is 3.48. The molecular formula is C12H15N3O2S. The van der Waals surface area contributed by atoms with Gasteiger partial charge in [0.05, 0.1) is 11.1 Å². The minimum absolute atomic E-state index is 0.247. The molecule has 0 spiro atoms. The second-order valence-electron chi connectivity index (χ2n) is 3.97. The van der Waals surface area contributed by atoms with Crippen molar-refractivity contribution in [2.24, 2.45) is 0 Å². The molecule has 1 aromatic carbocycles. The average molecular weight is 265 g/mol. The molecule has 6 heteroatoms. The van der Waals surface area contributed by atoms with Crippen molar-refractivity contribution in [1.29, 1.82) is 0 Å². The van der Waals surface area contributed by atoms with Crippen molar-refractivity contribution in [3.63, 3.8) is 0 Å². The van der Waals surface area contributed by atoms with Crippen LogP contribution in [-0.4, -0.2) is 18.6 Å². The molecule has 0 saturated carbocycles. The maximum atomic E-state index is 12.0. The number of aryl methyl sites for hydroxylation is 1.